The highest BCUT2D eigenvalue weighted by Gasteiger charge is 2.09. The molecule has 0 heterocycles. The molecule has 0 saturated heterocycles. The fraction of sp³-hybridized carbons (Fsp3) is 0.571. The van der Waals surface area contributed by atoms with E-state index in [0.29, 0.717) is 5.92 Å². The molecule has 1 aromatic carbocycles. The molecule has 108 valence electrons. The third-order valence-corrected chi connectivity index (χ3v) is 3.55. The van der Waals surface area contributed by atoms with Crippen molar-refractivity contribution in [1.82, 2.24) is 5.32 Å². The van der Waals surface area contributed by atoms with Gasteiger partial charge in [-0.2, -0.15) is 0 Å². The van der Waals surface area contributed by atoms with Gasteiger partial charge < -0.3 is 19.5 Å². The van der Waals surface area contributed by atoms with Gasteiger partial charge in [-0.25, -0.2) is 0 Å². The lowest BCUT2D eigenvalue weighted by Gasteiger charge is -2.14. The summed E-state index contributed by atoms with van der Waals surface area (Å²) in [5.41, 5.74) is 1.14. The highest BCUT2D eigenvalue weighted by atomic mass is 79.9. The summed E-state index contributed by atoms with van der Waals surface area (Å²) in [6, 6.07) is 3.91. The Morgan fingerprint density at radius 2 is 1.79 bits per heavy atom. The summed E-state index contributed by atoms with van der Waals surface area (Å²) in [4.78, 5) is 0. The van der Waals surface area contributed by atoms with E-state index in [9.17, 15) is 0 Å². The van der Waals surface area contributed by atoms with E-state index in [1.54, 1.807) is 21.3 Å². The van der Waals surface area contributed by atoms with E-state index < -0.39 is 0 Å². The van der Waals surface area contributed by atoms with Gasteiger partial charge >= 0.3 is 0 Å². The van der Waals surface area contributed by atoms with Gasteiger partial charge in [-0.3, -0.25) is 0 Å². The Morgan fingerprint density at radius 1 is 1.16 bits per heavy atom. The van der Waals surface area contributed by atoms with Crippen molar-refractivity contribution in [2.45, 2.75) is 13.5 Å². The maximum Gasteiger partial charge on any atom is 0.161 e. The number of hydrogen-bond acceptors (Lipinski definition) is 4. The fourth-order valence-corrected chi connectivity index (χ4v) is 2.29. The normalized spacial score (nSPS) is 12.3. The summed E-state index contributed by atoms with van der Waals surface area (Å²) < 4.78 is 16.7. The van der Waals surface area contributed by atoms with E-state index in [0.717, 1.165) is 41.2 Å². The first-order valence-electron chi connectivity index (χ1n) is 6.22. The number of halogens is 1. The Kier molecular flexibility index (Phi) is 7.20. The van der Waals surface area contributed by atoms with Crippen LogP contribution in [0.25, 0.3) is 0 Å². The van der Waals surface area contributed by atoms with Crippen LogP contribution in [0.1, 0.15) is 12.5 Å². The predicted octanol–water partition coefficient (Wildman–Crippen LogP) is 2.84. The maximum absolute atomic E-state index is 5.30. The largest absolute Gasteiger partial charge is 0.493 e. The third kappa shape index (κ3) is 5.01. The summed E-state index contributed by atoms with van der Waals surface area (Å²) in [5, 5.41) is 3.41. The molecule has 4 nitrogen and oxygen atoms in total. The zero-order valence-corrected chi connectivity index (χ0v) is 13.5. The number of hydrogen-bond donors (Lipinski definition) is 1. The van der Waals surface area contributed by atoms with Crippen LogP contribution in [0.2, 0.25) is 0 Å². The van der Waals surface area contributed by atoms with E-state index in [1.807, 2.05) is 12.1 Å². The monoisotopic (exact) mass is 331 g/mol. The zero-order valence-electron chi connectivity index (χ0n) is 12.0. The van der Waals surface area contributed by atoms with Crippen LogP contribution in [0.5, 0.6) is 11.5 Å². The van der Waals surface area contributed by atoms with Gasteiger partial charge in [0.05, 0.1) is 14.2 Å². The minimum absolute atomic E-state index is 0.490. The Hall–Kier alpha value is -0.780. The van der Waals surface area contributed by atoms with Gasteiger partial charge in [-0.05, 0) is 23.6 Å². The van der Waals surface area contributed by atoms with Crippen molar-refractivity contribution >= 4 is 15.9 Å². The van der Waals surface area contributed by atoms with Gasteiger partial charge in [0.1, 0.15) is 0 Å². The second kappa shape index (κ2) is 8.40. The van der Waals surface area contributed by atoms with Gasteiger partial charge in [0.15, 0.2) is 11.5 Å². The number of nitrogens with one attached hydrogen (secondary N) is 1. The van der Waals surface area contributed by atoms with Crippen molar-refractivity contribution in [2.24, 2.45) is 5.92 Å². The van der Waals surface area contributed by atoms with Crippen molar-refractivity contribution in [3.05, 3.63) is 22.2 Å². The Bertz CT molecular complexity index is 399. The molecule has 0 spiro atoms. The van der Waals surface area contributed by atoms with E-state index in [1.165, 1.54) is 0 Å². The lowest BCUT2D eigenvalue weighted by molar-refractivity contribution is 0.158. The first-order chi connectivity index (χ1) is 9.12. The van der Waals surface area contributed by atoms with E-state index in [2.05, 4.69) is 28.2 Å². The van der Waals surface area contributed by atoms with Crippen molar-refractivity contribution in [1.29, 1.82) is 0 Å². The molecule has 0 aliphatic heterocycles. The molecule has 0 aliphatic rings. The van der Waals surface area contributed by atoms with Crippen molar-refractivity contribution in [3.8, 4) is 11.5 Å². The lowest BCUT2D eigenvalue weighted by atomic mass is 10.1. The lowest BCUT2D eigenvalue weighted by Crippen LogP contribution is -2.23. The fourth-order valence-electron chi connectivity index (χ4n) is 1.83. The topological polar surface area (TPSA) is 39.7 Å². The molecule has 0 aromatic heterocycles. The SMILES string of the molecule is COCC(C)CNCc1cc(OC)c(OC)cc1Br. The minimum Gasteiger partial charge on any atom is -0.493 e. The van der Waals surface area contributed by atoms with Crippen LogP contribution in [0.4, 0.5) is 0 Å². The molecule has 1 atom stereocenters. The van der Waals surface area contributed by atoms with Crippen molar-refractivity contribution < 1.29 is 14.2 Å². The second-order valence-corrected chi connectivity index (χ2v) is 5.34. The van der Waals surface area contributed by atoms with E-state index in [4.69, 9.17) is 14.2 Å². The number of rotatable bonds is 8. The van der Waals surface area contributed by atoms with Crippen LogP contribution < -0.4 is 14.8 Å². The standard InChI is InChI=1S/C14H22BrNO3/c1-10(9-17-2)7-16-8-11-5-13(18-3)14(19-4)6-12(11)15/h5-6,10,16H,7-9H2,1-4H3. The molecular weight excluding hydrogens is 310 g/mol. The molecule has 0 amide bonds. The Balaban J connectivity index is 2.63. The molecule has 1 rings (SSSR count). The first kappa shape index (κ1) is 16.3. The number of methoxy groups -OCH3 is 3. The Labute approximate surface area is 123 Å². The van der Waals surface area contributed by atoms with E-state index >= 15 is 0 Å². The summed E-state index contributed by atoms with van der Waals surface area (Å²) in [5.74, 6) is 1.96. The first-order valence-corrected chi connectivity index (χ1v) is 7.01. The van der Waals surface area contributed by atoms with Crippen LogP contribution in [0, 0.1) is 5.92 Å². The summed E-state index contributed by atoms with van der Waals surface area (Å²) in [7, 11) is 5.00. The van der Waals surface area contributed by atoms with Crippen LogP contribution in [0.15, 0.2) is 16.6 Å². The Morgan fingerprint density at radius 3 is 2.37 bits per heavy atom. The molecule has 0 bridgehead atoms. The predicted molar refractivity (Wildman–Crippen MR) is 80.0 cm³/mol. The molecule has 1 aromatic rings. The quantitative estimate of drug-likeness (QED) is 0.795. The van der Waals surface area contributed by atoms with Gasteiger partial charge in [0.25, 0.3) is 0 Å². The van der Waals surface area contributed by atoms with Crippen LogP contribution in [0.3, 0.4) is 0 Å². The molecule has 0 saturated carbocycles. The molecule has 1 unspecified atom stereocenters. The van der Waals surface area contributed by atoms with Crippen LogP contribution in [-0.4, -0.2) is 34.5 Å². The van der Waals surface area contributed by atoms with E-state index in [-0.39, 0.29) is 0 Å². The molecule has 5 heteroatoms. The molecular formula is C14H22BrNO3. The van der Waals surface area contributed by atoms with Crippen molar-refractivity contribution in [2.75, 3.05) is 34.5 Å². The van der Waals surface area contributed by atoms with Crippen LogP contribution in [-0.2, 0) is 11.3 Å². The molecule has 0 fully saturated rings. The smallest absolute Gasteiger partial charge is 0.161 e. The van der Waals surface area contributed by atoms with Crippen LogP contribution >= 0.6 is 15.9 Å². The maximum atomic E-state index is 5.30. The third-order valence-electron chi connectivity index (χ3n) is 2.81. The van der Waals surface area contributed by atoms with Gasteiger partial charge in [-0.1, -0.05) is 22.9 Å². The summed E-state index contributed by atoms with van der Waals surface area (Å²) in [6.07, 6.45) is 0. The van der Waals surface area contributed by atoms with Gasteiger partial charge in [-0.15, -0.1) is 0 Å². The van der Waals surface area contributed by atoms with Gasteiger partial charge in [0.2, 0.25) is 0 Å². The highest BCUT2D eigenvalue weighted by molar-refractivity contribution is 9.10. The van der Waals surface area contributed by atoms with Crippen molar-refractivity contribution in [3.63, 3.8) is 0 Å². The summed E-state index contributed by atoms with van der Waals surface area (Å²) >= 11 is 3.55. The zero-order chi connectivity index (χ0) is 14.3. The van der Waals surface area contributed by atoms with Gasteiger partial charge in [0, 0.05) is 31.3 Å². The highest BCUT2D eigenvalue weighted by Crippen LogP contribution is 2.33. The molecule has 0 radical (unpaired) electrons. The second-order valence-electron chi connectivity index (χ2n) is 4.49. The molecule has 0 aliphatic carbocycles. The minimum atomic E-state index is 0.490. The molecule has 19 heavy (non-hydrogen) atoms. The number of benzene rings is 1. The average molecular weight is 332 g/mol. The number of ether oxygens (including phenoxy) is 3. The molecule has 1 N–H and O–H groups in total. The average Bonchev–Trinajstić information content (AvgIpc) is 2.40. The summed E-state index contributed by atoms with van der Waals surface area (Å²) in [6.45, 7) is 4.60.